The summed E-state index contributed by atoms with van der Waals surface area (Å²) < 4.78 is 5.56. The van der Waals surface area contributed by atoms with Gasteiger partial charge in [-0.2, -0.15) is 0 Å². The van der Waals surface area contributed by atoms with Gasteiger partial charge in [-0.3, -0.25) is 0 Å². The molecule has 0 radical (unpaired) electrons. The number of aliphatic hydroxyl groups is 2. The van der Waals surface area contributed by atoms with Gasteiger partial charge in [0.25, 0.3) is 0 Å². The maximum Gasteiger partial charge on any atom is 0.107 e. The molecule has 2 N–H and O–H groups in total. The lowest BCUT2D eigenvalue weighted by Crippen LogP contribution is -2.24. The molecule has 1 heterocycles. The Balaban J connectivity index is 2.19. The van der Waals surface area contributed by atoms with Crippen LogP contribution in [0, 0.1) is 6.92 Å². The van der Waals surface area contributed by atoms with Gasteiger partial charge in [0.1, 0.15) is 6.10 Å². The van der Waals surface area contributed by atoms with Crippen LogP contribution in [0.3, 0.4) is 0 Å². The number of aliphatic hydroxyl groups excluding tert-OH is 2. The van der Waals surface area contributed by atoms with E-state index in [1.54, 1.807) is 0 Å². The fourth-order valence-corrected chi connectivity index (χ4v) is 2.36. The summed E-state index contributed by atoms with van der Waals surface area (Å²) in [5, 5.41) is 19.3. The summed E-state index contributed by atoms with van der Waals surface area (Å²) in [6.45, 7) is 1.81. The van der Waals surface area contributed by atoms with Crippen molar-refractivity contribution in [3.63, 3.8) is 0 Å². The zero-order valence-electron chi connectivity index (χ0n) is 9.06. The molecule has 88 valence electrons. The Labute approximate surface area is 99.6 Å². The van der Waals surface area contributed by atoms with Crippen LogP contribution in [0.5, 0.6) is 0 Å². The van der Waals surface area contributed by atoms with Crippen molar-refractivity contribution in [2.45, 2.75) is 31.7 Å². The van der Waals surface area contributed by atoms with E-state index in [4.69, 9.17) is 21.4 Å². The van der Waals surface area contributed by atoms with Crippen molar-refractivity contribution in [3.8, 4) is 0 Å². The van der Waals surface area contributed by atoms with E-state index in [0.717, 1.165) is 11.1 Å². The number of hydrogen-bond donors (Lipinski definition) is 2. The molecule has 3 nitrogen and oxygen atoms in total. The van der Waals surface area contributed by atoms with Crippen molar-refractivity contribution in [3.05, 3.63) is 34.3 Å². The van der Waals surface area contributed by atoms with Crippen molar-refractivity contribution in [2.24, 2.45) is 0 Å². The molecule has 1 aliphatic rings. The van der Waals surface area contributed by atoms with Crippen LogP contribution in [0.15, 0.2) is 18.2 Å². The molecule has 0 bridgehead atoms. The van der Waals surface area contributed by atoms with Crippen LogP contribution in [0.25, 0.3) is 0 Å². The van der Waals surface area contributed by atoms with Crippen LogP contribution < -0.4 is 0 Å². The molecule has 0 aromatic heterocycles. The van der Waals surface area contributed by atoms with E-state index in [1.807, 2.05) is 25.1 Å². The third-order valence-corrected chi connectivity index (χ3v) is 3.06. The first kappa shape index (κ1) is 11.9. The topological polar surface area (TPSA) is 49.7 Å². The minimum atomic E-state index is -0.603. The molecule has 1 aromatic carbocycles. The normalized spacial score (nSPS) is 29.6. The SMILES string of the molecule is Cc1cc(Cl)cc([C@H]2CC(O)[C@@H](CO)O2)c1. The first-order chi connectivity index (χ1) is 7.60. The summed E-state index contributed by atoms with van der Waals surface area (Å²) in [5.41, 5.74) is 2.02. The van der Waals surface area contributed by atoms with Crippen molar-refractivity contribution >= 4 is 11.6 Å². The Kier molecular flexibility index (Phi) is 3.50. The maximum absolute atomic E-state index is 9.64. The van der Waals surface area contributed by atoms with Crippen molar-refractivity contribution in [1.82, 2.24) is 0 Å². The van der Waals surface area contributed by atoms with E-state index in [9.17, 15) is 5.11 Å². The molecular weight excluding hydrogens is 228 g/mol. The minimum absolute atomic E-state index is 0.156. The smallest absolute Gasteiger partial charge is 0.107 e. The lowest BCUT2D eigenvalue weighted by molar-refractivity contribution is -0.0225. The van der Waals surface area contributed by atoms with Crippen molar-refractivity contribution in [2.75, 3.05) is 6.61 Å². The number of benzene rings is 1. The highest BCUT2D eigenvalue weighted by atomic mass is 35.5. The quantitative estimate of drug-likeness (QED) is 0.832. The second kappa shape index (κ2) is 4.72. The van der Waals surface area contributed by atoms with Gasteiger partial charge in [0.2, 0.25) is 0 Å². The first-order valence-electron chi connectivity index (χ1n) is 5.31. The molecular formula is C12H15ClO3. The highest BCUT2D eigenvalue weighted by Gasteiger charge is 2.34. The summed E-state index contributed by atoms with van der Waals surface area (Å²) >= 11 is 5.97. The summed E-state index contributed by atoms with van der Waals surface area (Å²) in [6, 6.07) is 5.70. The monoisotopic (exact) mass is 242 g/mol. The molecule has 1 saturated heterocycles. The van der Waals surface area contributed by atoms with Gasteiger partial charge < -0.3 is 14.9 Å². The van der Waals surface area contributed by atoms with Gasteiger partial charge in [-0.05, 0) is 30.2 Å². The van der Waals surface area contributed by atoms with E-state index in [2.05, 4.69) is 0 Å². The van der Waals surface area contributed by atoms with Crippen LogP contribution in [0.1, 0.15) is 23.7 Å². The molecule has 1 fully saturated rings. The van der Waals surface area contributed by atoms with E-state index in [-0.39, 0.29) is 12.7 Å². The summed E-state index contributed by atoms with van der Waals surface area (Å²) in [4.78, 5) is 0. The molecule has 1 aromatic rings. The summed E-state index contributed by atoms with van der Waals surface area (Å²) in [6.07, 6.45) is -0.756. The Morgan fingerprint density at radius 1 is 1.44 bits per heavy atom. The number of hydrogen-bond acceptors (Lipinski definition) is 3. The zero-order chi connectivity index (χ0) is 11.7. The molecule has 1 unspecified atom stereocenters. The molecule has 0 amide bonds. The van der Waals surface area contributed by atoms with E-state index in [0.29, 0.717) is 11.4 Å². The third-order valence-electron chi connectivity index (χ3n) is 2.84. The fourth-order valence-electron chi connectivity index (χ4n) is 2.06. The summed E-state index contributed by atoms with van der Waals surface area (Å²) in [7, 11) is 0. The highest BCUT2D eigenvalue weighted by molar-refractivity contribution is 6.30. The lowest BCUT2D eigenvalue weighted by Gasteiger charge is -2.13. The molecule has 1 aliphatic heterocycles. The van der Waals surface area contributed by atoms with Gasteiger partial charge in [-0.25, -0.2) is 0 Å². The standard InChI is InChI=1S/C12H15ClO3/c1-7-2-8(4-9(13)3-7)11-5-10(15)12(6-14)16-11/h2-4,10-12,14-15H,5-6H2,1H3/t10?,11-,12-/m1/s1. The predicted octanol–water partition coefficient (Wildman–Crippen LogP) is 1.83. The third kappa shape index (κ3) is 2.38. The van der Waals surface area contributed by atoms with Crippen molar-refractivity contribution < 1.29 is 14.9 Å². The number of rotatable bonds is 2. The second-order valence-corrected chi connectivity index (χ2v) is 4.65. The van der Waals surface area contributed by atoms with E-state index >= 15 is 0 Å². The Hall–Kier alpha value is -0.610. The highest BCUT2D eigenvalue weighted by Crippen LogP contribution is 2.34. The predicted molar refractivity (Wildman–Crippen MR) is 61.5 cm³/mol. The lowest BCUT2D eigenvalue weighted by atomic mass is 10.0. The van der Waals surface area contributed by atoms with Crippen molar-refractivity contribution in [1.29, 1.82) is 0 Å². The minimum Gasteiger partial charge on any atom is -0.394 e. The van der Waals surface area contributed by atoms with Crippen LogP contribution in [0.2, 0.25) is 5.02 Å². The molecule has 0 aliphatic carbocycles. The van der Waals surface area contributed by atoms with Crippen LogP contribution >= 0.6 is 11.6 Å². The molecule has 3 atom stereocenters. The van der Waals surface area contributed by atoms with E-state index < -0.39 is 12.2 Å². The molecule has 0 saturated carbocycles. The van der Waals surface area contributed by atoms with Gasteiger partial charge in [0, 0.05) is 11.4 Å². The fraction of sp³-hybridized carbons (Fsp3) is 0.500. The van der Waals surface area contributed by atoms with Crippen LogP contribution in [-0.4, -0.2) is 29.0 Å². The first-order valence-corrected chi connectivity index (χ1v) is 5.69. The number of halogens is 1. The molecule has 0 spiro atoms. The second-order valence-electron chi connectivity index (χ2n) is 4.21. The Bertz CT molecular complexity index is 360. The van der Waals surface area contributed by atoms with E-state index in [1.165, 1.54) is 0 Å². The van der Waals surface area contributed by atoms with Crippen LogP contribution in [-0.2, 0) is 4.74 Å². The van der Waals surface area contributed by atoms with Gasteiger partial charge >= 0.3 is 0 Å². The largest absolute Gasteiger partial charge is 0.394 e. The molecule has 16 heavy (non-hydrogen) atoms. The maximum atomic E-state index is 9.64. The molecule has 2 rings (SSSR count). The van der Waals surface area contributed by atoms with Gasteiger partial charge in [0.15, 0.2) is 0 Å². The molecule has 4 heteroatoms. The average Bonchev–Trinajstić information content (AvgIpc) is 2.58. The average molecular weight is 243 g/mol. The Morgan fingerprint density at radius 3 is 2.75 bits per heavy atom. The van der Waals surface area contributed by atoms with Gasteiger partial charge in [-0.15, -0.1) is 0 Å². The van der Waals surface area contributed by atoms with Gasteiger partial charge in [-0.1, -0.05) is 17.7 Å². The Morgan fingerprint density at radius 2 is 2.19 bits per heavy atom. The van der Waals surface area contributed by atoms with Crippen LogP contribution in [0.4, 0.5) is 0 Å². The number of aryl methyl sites for hydroxylation is 1. The summed E-state index contributed by atoms with van der Waals surface area (Å²) in [5.74, 6) is 0. The van der Waals surface area contributed by atoms with Gasteiger partial charge in [0.05, 0.1) is 18.8 Å². The zero-order valence-corrected chi connectivity index (χ0v) is 9.81. The number of ether oxygens (including phenoxy) is 1.